The van der Waals surface area contributed by atoms with Gasteiger partial charge in [-0.3, -0.25) is 4.79 Å². The highest BCUT2D eigenvalue weighted by Gasteiger charge is 2.09. The zero-order valence-electron chi connectivity index (χ0n) is 6.98. The molecule has 0 aliphatic rings. The van der Waals surface area contributed by atoms with Crippen LogP contribution in [0, 0.1) is 5.41 Å². The molecule has 0 aliphatic carbocycles. The molecule has 0 saturated carbocycles. The fourth-order valence-electron chi connectivity index (χ4n) is 0.770. The summed E-state index contributed by atoms with van der Waals surface area (Å²) >= 11 is 0. The molecule has 0 spiro atoms. The number of hydrogen-bond acceptors (Lipinski definition) is 1. The van der Waals surface area contributed by atoms with Crippen LogP contribution in [0.5, 0.6) is 0 Å². The molecule has 0 bridgehead atoms. The van der Waals surface area contributed by atoms with Gasteiger partial charge in [0.1, 0.15) is 0 Å². The Morgan fingerprint density at radius 2 is 1.90 bits per heavy atom. The summed E-state index contributed by atoms with van der Waals surface area (Å²) < 4.78 is 0. The van der Waals surface area contributed by atoms with Crippen LogP contribution in [-0.4, -0.2) is 11.1 Å². The second kappa shape index (κ2) is 3.59. The Morgan fingerprint density at radius 3 is 2.20 bits per heavy atom. The van der Waals surface area contributed by atoms with Crippen molar-refractivity contribution < 1.29 is 9.90 Å². The molecule has 0 fully saturated rings. The van der Waals surface area contributed by atoms with Crippen molar-refractivity contribution in [3.05, 3.63) is 0 Å². The minimum atomic E-state index is -0.691. The van der Waals surface area contributed by atoms with E-state index in [9.17, 15) is 4.79 Å². The van der Waals surface area contributed by atoms with Crippen molar-refractivity contribution in [2.75, 3.05) is 0 Å². The molecule has 2 heteroatoms. The van der Waals surface area contributed by atoms with Crippen LogP contribution >= 0.6 is 0 Å². The number of aliphatic carboxylic acids is 1. The highest BCUT2D eigenvalue weighted by molar-refractivity contribution is 5.66. The van der Waals surface area contributed by atoms with E-state index in [1.165, 1.54) is 0 Å². The minimum absolute atomic E-state index is 0.273. The molecule has 0 aliphatic heterocycles. The van der Waals surface area contributed by atoms with E-state index in [-0.39, 0.29) is 5.41 Å². The summed E-state index contributed by atoms with van der Waals surface area (Å²) in [6, 6.07) is 0. The summed E-state index contributed by atoms with van der Waals surface area (Å²) in [7, 11) is 0. The normalized spacial score (nSPS) is 11.5. The Balaban J connectivity index is 3.29. The van der Waals surface area contributed by atoms with Gasteiger partial charge < -0.3 is 5.11 Å². The van der Waals surface area contributed by atoms with Gasteiger partial charge in [0.15, 0.2) is 0 Å². The van der Waals surface area contributed by atoms with Crippen molar-refractivity contribution in [3.63, 3.8) is 0 Å². The molecule has 0 radical (unpaired) electrons. The number of carbonyl (C=O) groups is 1. The van der Waals surface area contributed by atoms with E-state index in [4.69, 9.17) is 5.11 Å². The number of hydrogen-bond donors (Lipinski definition) is 1. The third kappa shape index (κ3) is 7.47. The maximum atomic E-state index is 10.1. The van der Waals surface area contributed by atoms with Crippen molar-refractivity contribution in [2.45, 2.75) is 40.0 Å². The van der Waals surface area contributed by atoms with Gasteiger partial charge in [0.25, 0.3) is 0 Å². The van der Waals surface area contributed by atoms with Crippen molar-refractivity contribution >= 4 is 5.97 Å². The Morgan fingerprint density at radius 1 is 1.40 bits per heavy atom. The molecule has 0 amide bonds. The van der Waals surface area contributed by atoms with Crippen LogP contribution < -0.4 is 0 Å². The summed E-state index contributed by atoms with van der Waals surface area (Å²) in [6.45, 7) is 6.36. The lowest BCUT2D eigenvalue weighted by Crippen LogP contribution is -2.05. The topological polar surface area (TPSA) is 37.3 Å². The van der Waals surface area contributed by atoms with Crippen LogP contribution in [0.25, 0.3) is 0 Å². The number of rotatable bonds is 3. The van der Waals surface area contributed by atoms with Gasteiger partial charge in [0.05, 0.1) is 0 Å². The summed E-state index contributed by atoms with van der Waals surface area (Å²) in [4.78, 5) is 10.1. The number of carboxylic acid groups (broad SMARTS) is 1. The van der Waals surface area contributed by atoms with E-state index in [1.807, 2.05) is 0 Å². The molecule has 0 aromatic carbocycles. The van der Waals surface area contributed by atoms with Gasteiger partial charge >= 0.3 is 5.97 Å². The third-order valence-corrected chi connectivity index (χ3v) is 1.32. The minimum Gasteiger partial charge on any atom is -0.481 e. The molecule has 0 heterocycles. The lowest BCUT2D eigenvalue weighted by molar-refractivity contribution is -0.137. The van der Waals surface area contributed by atoms with Crippen LogP contribution in [0.15, 0.2) is 0 Å². The van der Waals surface area contributed by atoms with E-state index in [0.29, 0.717) is 6.42 Å². The predicted molar refractivity (Wildman–Crippen MR) is 40.9 cm³/mol. The summed E-state index contributed by atoms with van der Waals surface area (Å²) in [6.07, 6.45) is 2.08. The van der Waals surface area contributed by atoms with E-state index in [0.717, 1.165) is 12.8 Å². The fraction of sp³-hybridized carbons (Fsp3) is 0.875. The summed E-state index contributed by atoms with van der Waals surface area (Å²) in [5.41, 5.74) is 0.273. The van der Waals surface area contributed by atoms with Gasteiger partial charge in [0, 0.05) is 6.42 Å². The van der Waals surface area contributed by atoms with Gasteiger partial charge in [-0.05, 0) is 18.3 Å². The molecular formula is C8H16O2. The molecule has 0 aromatic heterocycles. The van der Waals surface area contributed by atoms with Crippen LogP contribution in [-0.2, 0) is 4.79 Å². The highest BCUT2D eigenvalue weighted by atomic mass is 16.4. The van der Waals surface area contributed by atoms with E-state index in [1.54, 1.807) is 0 Å². The Labute approximate surface area is 62.2 Å². The molecule has 0 unspecified atom stereocenters. The first-order chi connectivity index (χ1) is 4.42. The molecular weight excluding hydrogens is 128 g/mol. The summed E-state index contributed by atoms with van der Waals surface area (Å²) in [5, 5.41) is 8.31. The van der Waals surface area contributed by atoms with Gasteiger partial charge in [-0.15, -0.1) is 0 Å². The maximum absolute atomic E-state index is 10.1. The van der Waals surface area contributed by atoms with Crippen molar-refractivity contribution in [3.8, 4) is 0 Å². The Hall–Kier alpha value is -0.530. The average Bonchev–Trinajstić information content (AvgIpc) is 1.59. The van der Waals surface area contributed by atoms with Crippen molar-refractivity contribution in [2.24, 2.45) is 5.41 Å². The van der Waals surface area contributed by atoms with Crippen LogP contribution in [0.1, 0.15) is 40.0 Å². The van der Waals surface area contributed by atoms with Crippen LogP contribution in [0.3, 0.4) is 0 Å². The quantitative estimate of drug-likeness (QED) is 0.659. The molecule has 10 heavy (non-hydrogen) atoms. The van der Waals surface area contributed by atoms with Gasteiger partial charge in [-0.1, -0.05) is 20.8 Å². The lowest BCUT2D eigenvalue weighted by Gasteiger charge is -2.16. The molecule has 0 saturated heterocycles. The molecule has 0 atom stereocenters. The monoisotopic (exact) mass is 144 g/mol. The molecule has 1 N–H and O–H groups in total. The first kappa shape index (κ1) is 9.47. The largest absolute Gasteiger partial charge is 0.481 e. The van der Waals surface area contributed by atoms with Crippen molar-refractivity contribution in [1.82, 2.24) is 0 Å². The lowest BCUT2D eigenvalue weighted by atomic mass is 9.90. The van der Waals surface area contributed by atoms with Gasteiger partial charge in [0.2, 0.25) is 0 Å². The van der Waals surface area contributed by atoms with Crippen LogP contribution in [0.2, 0.25) is 0 Å². The Bertz CT molecular complexity index is 111. The number of carboxylic acids is 1. The van der Waals surface area contributed by atoms with Gasteiger partial charge in [-0.25, -0.2) is 0 Å². The van der Waals surface area contributed by atoms with E-state index >= 15 is 0 Å². The van der Waals surface area contributed by atoms with E-state index < -0.39 is 5.97 Å². The molecule has 0 aromatic rings. The molecule has 0 rings (SSSR count). The highest BCUT2D eigenvalue weighted by Crippen LogP contribution is 2.21. The first-order valence-electron chi connectivity index (χ1n) is 3.63. The second-order valence-electron chi connectivity index (χ2n) is 3.81. The standard InChI is InChI=1S/C8H16O2/c1-8(2,3)6-4-5-7(9)10/h4-6H2,1-3H3,(H,9,10). The predicted octanol–water partition coefficient (Wildman–Crippen LogP) is 2.29. The molecule has 2 nitrogen and oxygen atoms in total. The Kier molecular flexibility index (Phi) is 3.40. The smallest absolute Gasteiger partial charge is 0.303 e. The zero-order valence-corrected chi connectivity index (χ0v) is 6.98. The third-order valence-electron chi connectivity index (χ3n) is 1.32. The van der Waals surface area contributed by atoms with E-state index in [2.05, 4.69) is 20.8 Å². The second-order valence-corrected chi connectivity index (χ2v) is 3.81. The maximum Gasteiger partial charge on any atom is 0.303 e. The van der Waals surface area contributed by atoms with Gasteiger partial charge in [-0.2, -0.15) is 0 Å². The first-order valence-corrected chi connectivity index (χ1v) is 3.63. The zero-order chi connectivity index (χ0) is 8.20. The SMILES string of the molecule is CC(C)(C)CCCC(=O)O. The van der Waals surface area contributed by atoms with Crippen molar-refractivity contribution in [1.29, 1.82) is 0 Å². The fourth-order valence-corrected chi connectivity index (χ4v) is 0.770. The summed E-state index contributed by atoms with van der Waals surface area (Å²) in [5.74, 6) is -0.691. The molecule has 60 valence electrons. The average molecular weight is 144 g/mol. The van der Waals surface area contributed by atoms with Crippen LogP contribution in [0.4, 0.5) is 0 Å².